The van der Waals surface area contributed by atoms with Gasteiger partial charge < -0.3 is 4.74 Å². The molecular formula is C13H10N2O3. The number of benzene rings is 1. The van der Waals surface area contributed by atoms with Crippen LogP contribution >= 0.6 is 0 Å². The molecule has 1 aliphatic heterocycles. The lowest BCUT2D eigenvalue weighted by molar-refractivity contribution is -0.385. The Morgan fingerprint density at radius 2 is 2.17 bits per heavy atom. The Balaban J connectivity index is 2.25. The second kappa shape index (κ2) is 3.80. The van der Waals surface area contributed by atoms with Crippen LogP contribution in [0.15, 0.2) is 30.6 Å². The number of fused-ring (bicyclic) bond motifs is 3. The van der Waals surface area contributed by atoms with Crippen LogP contribution in [0.2, 0.25) is 0 Å². The van der Waals surface area contributed by atoms with Crippen LogP contribution in [0.4, 0.5) is 5.69 Å². The van der Waals surface area contributed by atoms with Gasteiger partial charge in [-0.3, -0.25) is 15.1 Å². The van der Waals surface area contributed by atoms with Crippen molar-refractivity contribution in [2.45, 2.75) is 13.5 Å². The van der Waals surface area contributed by atoms with Crippen molar-refractivity contribution in [2.24, 2.45) is 0 Å². The lowest BCUT2D eigenvalue weighted by atomic mass is 9.94. The van der Waals surface area contributed by atoms with Crippen molar-refractivity contribution in [3.63, 3.8) is 0 Å². The first-order valence-electron chi connectivity index (χ1n) is 5.52. The van der Waals surface area contributed by atoms with E-state index in [1.165, 1.54) is 0 Å². The first kappa shape index (κ1) is 10.7. The Bertz CT molecular complexity index is 653. The van der Waals surface area contributed by atoms with Crippen LogP contribution in [0.1, 0.15) is 11.1 Å². The van der Waals surface area contributed by atoms with Crippen LogP contribution in [-0.2, 0) is 6.61 Å². The van der Waals surface area contributed by atoms with E-state index in [1.807, 2.05) is 6.07 Å². The van der Waals surface area contributed by atoms with Gasteiger partial charge in [-0.05, 0) is 24.6 Å². The highest BCUT2D eigenvalue weighted by Crippen LogP contribution is 2.40. The fourth-order valence-corrected chi connectivity index (χ4v) is 2.25. The first-order chi connectivity index (χ1) is 8.68. The Labute approximate surface area is 103 Å². The molecule has 90 valence electrons. The van der Waals surface area contributed by atoms with Crippen LogP contribution in [0.3, 0.4) is 0 Å². The number of hydrogen-bond donors (Lipinski definition) is 0. The van der Waals surface area contributed by atoms with Crippen LogP contribution in [0.5, 0.6) is 5.75 Å². The first-order valence-corrected chi connectivity index (χ1v) is 5.52. The third-order valence-electron chi connectivity index (χ3n) is 3.21. The van der Waals surface area contributed by atoms with Gasteiger partial charge in [-0.15, -0.1) is 0 Å². The summed E-state index contributed by atoms with van der Waals surface area (Å²) in [5, 5.41) is 10.9. The molecule has 0 saturated carbocycles. The van der Waals surface area contributed by atoms with Crippen molar-refractivity contribution < 1.29 is 9.66 Å². The van der Waals surface area contributed by atoms with E-state index in [1.54, 1.807) is 31.5 Å². The molecule has 5 heteroatoms. The van der Waals surface area contributed by atoms with Gasteiger partial charge >= 0.3 is 0 Å². The summed E-state index contributed by atoms with van der Waals surface area (Å²) in [5.41, 5.74) is 3.60. The van der Waals surface area contributed by atoms with Crippen LogP contribution in [0, 0.1) is 17.0 Å². The molecule has 0 fully saturated rings. The summed E-state index contributed by atoms with van der Waals surface area (Å²) in [7, 11) is 0. The standard InChI is InChI=1S/C13H10N2O3/c1-8-11-7-18-13-6-14-5-4-10(13)9(11)2-3-12(8)15(16)17/h2-6H,7H2,1H3. The molecule has 3 rings (SSSR count). The minimum absolute atomic E-state index is 0.134. The number of nitro groups is 1. The van der Waals surface area contributed by atoms with E-state index in [0.717, 1.165) is 22.4 Å². The summed E-state index contributed by atoms with van der Waals surface area (Å²) in [6, 6.07) is 5.18. The van der Waals surface area contributed by atoms with E-state index in [0.29, 0.717) is 12.2 Å². The number of ether oxygens (including phenoxy) is 1. The maximum absolute atomic E-state index is 10.9. The molecule has 2 aromatic rings. The Morgan fingerprint density at radius 3 is 2.94 bits per heavy atom. The number of nitrogens with zero attached hydrogens (tertiary/aromatic N) is 2. The third-order valence-corrected chi connectivity index (χ3v) is 3.21. The van der Waals surface area contributed by atoms with Crippen LogP contribution < -0.4 is 4.74 Å². The van der Waals surface area contributed by atoms with Gasteiger partial charge in [0, 0.05) is 29.0 Å². The fraction of sp³-hybridized carbons (Fsp3) is 0.154. The monoisotopic (exact) mass is 242 g/mol. The summed E-state index contributed by atoms with van der Waals surface area (Å²) >= 11 is 0. The Hall–Kier alpha value is -2.43. The van der Waals surface area contributed by atoms with E-state index < -0.39 is 0 Å². The van der Waals surface area contributed by atoms with Gasteiger partial charge in [-0.2, -0.15) is 0 Å². The topological polar surface area (TPSA) is 65.3 Å². The average Bonchev–Trinajstić information content (AvgIpc) is 2.38. The molecule has 0 atom stereocenters. The molecule has 18 heavy (non-hydrogen) atoms. The van der Waals surface area contributed by atoms with Crippen molar-refractivity contribution in [3.05, 3.63) is 51.8 Å². The zero-order chi connectivity index (χ0) is 12.7. The van der Waals surface area contributed by atoms with E-state index in [-0.39, 0.29) is 10.6 Å². The molecule has 2 heterocycles. The highest BCUT2D eigenvalue weighted by molar-refractivity contribution is 5.77. The largest absolute Gasteiger partial charge is 0.487 e. The Morgan fingerprint density at radius 1 is 1.33 bits per heavy atom. The van der Waals surface area contributed by atoms with E-state index in [2.05, 4.69) is 4.98 Å². The molecule has 1 aromatic carbocycles. The van der Waals surface area contributed by atoms with Gasteiger partial charge in [0.2, 0.25) is 0 Å². The lowest BCUT2D eigenvalue weighted by Crippen LogP contribution is -2.09. The third kappa shape index (κ3) is 1.44. The molecule has 0 unspecified atom stereocenters. The highest BCUT2D eigenvalue weighted by Gasteiger charge is 2.23. The molecule has 5 nitrogen and oxygen atoms in total. The number of hydrogen-bond acceptors (Lipinski definition) is 4. The summed E-state index contributed by atoms with van der Waals surface area (Å²) in [6.45, 7) is 2.11. The second-order valence-corrected chi connectivity index (χ2v) is 4.15. The van der Waals surface area contributed by atoms with Crippen molar-refractivity contribution in [1.29, 1.82) is 0 Å². The van der Waals surface area contributed by atoms with Crippen LogP contribution in [-0.4, -0.2) is 9.91 Å². The molecule has 0 saturated heterocycles. The predicted octanol–water partition coefficient (Wildman–Crippen LogP) is 2.86. The minimum atomic E-state index is -0.363. The van der Waals surface area contributed by atoms with Gasteiger partial charge in [0.1, 0.15) is 12.4 Å². The average molecular weight is 242 g/mol. The SMILES string of the molecule is Cc1c([N+](=O)[O-])ccc2c1COc1cnccc1-2. The smallest absolute Gasteiger partial charge is 0.272 e. The molecule has 1 aromatic heterocycles. The predicted molar refractivity (Wildman–Crippen MR) is 65.4 cm³/mol. The molecule has 0 aliphatic carbocycles. The van der Waals surface area contributed by atoms with Crippen LogP contribution in [0.25, 0.3) is 11.1 Å². The van der Waals surface area contributed by atoms with Crippen molar-refractivity contribution in [2.75, 3.05) is 0 Å². The maximum atomic E-state index is 10.9. The normalized spacial score (nSPS) is 12.3. The Kier molecular flexibility index (Phi) is 2.26. The number of pyridine rings is 1. The lowest BCUT2D eigenvalue weighted by Gasteiger charge is -2.21. The fourth-order valence-electron chi connectivity index (χ4n) is 2.25. The second-order valence-electron chi connectivity index (χ2n) is 4.15. The molecule has 0 spiro atoms. The van der Waals surface area contributed by atoms with Crippen molar-refractivity contribution in [1.82, 2.24) is 4.98 Å². The van der Waals surface area contributed by atoms with E-state index in [9.17, 15) is 10.1 Å². The number of rotatable bonds is 1. The van der Waals surface area contributed by atoms with Gasteiger partial charge in [0.15, 0.2) is 0 Å². The molecule has 0 N–H and O–H groups in total. The zero-order valence-corrected chi connectivity index (χ0v) is 9.71. The van der Waals surface area contributed by atoms with Crippen molar-refractivity contribution >= 4 is 5.69 Å². The molecule has 1 aliphatic rings. The maximum Gasteiger partial charge on any atom is 0.272 e. The van der Waals surface area contributed by atoms with Gasteiger partial charge in [-0.25, -0.2) is 0 Å². The summed E-state index contributed by atoms with van der Waals surface area (Å²) in [4.78, 5) is 14.6. The van der Waals surface area contributed by atoms with Gasteiger partial charge in [-0.1, -0.05) is 0 Å². The number of aromatic nitrogens is 1. The molecular weight excluding hydrogens is 232 g/mol. The zero-order valence-electron chi connectivity index (χ0n) is 9.71. The van der Waals surface area contributed by atoms with E-state index >= 15 is 0 Å². The molecule has 0 amide bonds. The highest BCUT2D eigenvalue weighted by atomic mass is 16.6. The summed E-state index contributed by atoms with van der Waals surface area (Å²) < 4.78 is 5.58. The van der Waals surface area contributed by atoms with E-state index in [4.69, 9.17) is 4.74 Å². The minimum Gasteiger partial charge on any atom is -0.487 e. The summed E-state index contributed by atoms with van der Waals surface area (Å²) in [5.74, 6) is 0.721. The molecule has 0 radical (unpaired) electrons. The quantitative estimate of drug-likeness (QED) is 0.569. The number of nitro benzene ring substituents is 1. The van der Waals surface area contributed by atoms with Gasteiger partial charge in [0.05, 0.1) is 11.1 Å². The molecule has 0 bridgehead atoms. The summed E-state index contributed by atoms with van der Waals surface area (Å²) in [6.07, 6.45) is 3.35. The van der Waals surface area contributed by atoms with Crippen molar-refractivity contribution in [3.8, 4) is 16.9 Å². The van der Waals surface area contributed by atoms with Gasteiger partial charge in [0.25, 0.3) is 5.69 Å².